The molecule has 25 heavy (non-hydrogen) atoms. The largest absolute Gasteiger partial charge is 0.338 e. The minimum atomic E-state index is -0.0907. The number of piperazine rings is 1. The van der Waals surface area contributed by atoms with Crippen LogP contribution in [0.25, 0.3) is 10.6 Å². The average Bonchev–Trinajstić information content (AvgIpc) is 3.12. The zero-order valence-electron chi connectivity index (χ0n) is 13.9. The first-order chi connectivity index (χ1) is 12.1. The zero-order valence-corrected chi connectivity index (χ0v) is 15.4. The van der Waals surface area contributed by atoms with E-state index in [0.717, 1.165) is 10.6 Å². The molecule has 0 aliphatic carbocycles. The Bertz CT molecular complexity index is 754. The maximum absolute atomic E-state index is 12.6. The molecule has 0 spiro atoms. The quantitative estimate of drug-likeness (QED) is 0.892. The number of carbonyl (C=O) groups is 2. The van der Waals surface area contributed by atoms with Gasteiger partial charge in [0.25, 0.3) is 5.91 Å². The summed E-state index contributed by atoms with van der Waals surface area (Å²) in [5.41, 5.74) is 1.39. The van der Waals surface area contributed by atoms with Crippen LogP contribution in [-0.2, 0) is 0 Å². The van der Waals surface area contributed by atoms with Gasteiger partial charge in [-0.25, -0.2) is 9.78 Å². The topological polar surface area (TPSA) is 65.5 Å². The molecule has 0 unspecified atom stereocenters. The SMILES string of the molecule is CCNC(=O)N1CCN(C(=O)c2csc(-c3ccc(Cl)cc3)n2)CC1. The highest BCUT2D eigenvalue weighted by molar-refractivity contribution is 7.13. The van der Waals surface area contributed by atoms with Crippen LogP contribution in [0.1, 0.15) is 17.4 Å². The smallest absolute Gasteiger partial charge is 0.317 e. The predicted molar refractivity (Wildman–Crippen MR) is 99.1 cm³/mol. The number of halogens is 1. The predicted octanol–water partition coefficient (Wildman–Crippen LogP) is 2.95. The van der Waals surface area contributed by atoms with Crippen LogP contribution in [0.3, 0.4) is 0 Å². The highest BCUT2D eigenvalue weighted by Crippen LogP contribution is 2.25. The van der Waals surface area contributed by atoms with E-state index < -0.39 is 0 Å². The molecule has 1 saturated heterocycles. The van der Waals surface area contributed by atoms with Crippen molar-refractivity contribution in [3.63, 3.8) is 0 Å². The first-order valence-corrected chi connectivity index (χ1v) is 9.37. The summed E-state index contributed by atoms with van der Waals surface area (Å²) < 4.78 is 0. The molecule has 132 valence electrons. The molecular weight excluding hydrogens is 360 g/mol. The standard InChI is InChI=1S/C17H19ClN4O2S/c1-2-19-17(24)22-9-7-21(8-10-22)16(23)14-11-25-15(20-14)12-3-5-13(18)6-4-12/h3-6,11H,2,7-10H2,1H3,(H,19,24). The van der Waals surface area contributed by atoms with E-state index in [1.54, 1.807) is 27.3 Å². The summed E-state index contributed by atoms with van der Waals surface area (Å²) in [4.78, 5) is 32.4. The van der Waals surface area contributed by atoms with Crippen LogP contribution in [-0.4, -0.2) is 59.4 Å². The number of carbonyl (C=O) groups excluding carboxylic acids is 2. The number of rotatable bonds is 3. The minimum absolute atomic E-state index is 0.0757. The van der Waals surface area contributed by atoms with Gasteiger partial charge in [-0.2, -0.15) is 0 Å². The van der Waals surface area contributed by atoms with E-state index in [1.165, 1.54) is 11.3 Å². The Morgan fingerprint density at radius 1 is 1.16 bits per heavy atom. The van der Waals surface area contributed by atoms with Crippen molar-refractivity contribution in [1.29, 1.82) is 0 Å². The molecule has 0 atom stereocenters. The van der Waals surface area contributed by atoms with Gasteiger partial charge in [0.2, 0.25) is 0 Å². The van der Waals surface area contributed by atoms with Gasteiger partial charge in [-0.15, -0.1) is 11.3 Å². The summed E-state index contributed by atoms with van der Waals surface area (Å²) in [6, 6.07) is 7.31. The average molecular weight is 379 g/mol. The molecule has 1 aliphatic heterocycles. The van der Waals surface area contributed by atoms with E-state index in [4.69, 9.17) is 11.6 Å². The van der Waals surface area contributed by atoms with Crippen molar-refractivity contribution in [3.8, 4) is 10.6 Å². The van der Waals surface area contributed by atoms with E-state index >= 15 is 0 Å². The fourth-order valence-electron chi connectivity index (χ4n) is 2.63. The second-order valence-corrected chi connectivity index (χ2v) is 6.95. The Kier molecular flexibility index (Phi) is 5.55. The number of urea groups is 1. The summed E-state index contributed by atoms with van der Waals surface area (Å²) in [6.07, 6.45) is 0. The Hall–Kier alpha value is -2.12. The minimum Gasteiger partial charge on any atom is -0.338 e. The Morgan fingerprint density at radius 3 is 2.44 bits per heavy atom. The van der Waals surface area contributed by atoms with Gasteiger partial charge >= 0.3 is 6.03 Å². The fourth-order valence-corrected chi connectivity index (χ4v) is 3.56. The van der Waals surface area contributed by atoms with Gasteiger partial charge in [-0.1, -0.05) is 23.7 Å². The van der Waals surface area contributed by atoms with Gasteiger partial charge in [-0.05, 0) is 19.1 Å². The molecule has 1 aromatic carbocycles. The van der Waals surface area contributed by atoms with Gasteiger partial charge in [0.15, 0.2) is 0 Å². The first kappa shape index (κ1) is 17.7. The molecule has 0 radical (unpaired) electrons. The summed E-state index contributed by atoms with van der Waals surface area (Å²) in [6.45, 7) is 4.59. The molecule has 8 heteroatoms. The third-order valence-electron chi connectivity index (χ3n) is 4.00. The fraction of sp³-hybridized carbons (Fsp3) is 0.353. The molecule has 1 N–H and O–H groups in total. The lowest BCUT2D eigenvalue weighted by Crippen LogP contribution is -2.53. The van der Waals surface area contributed by atoms with Gasteiger partial charge in [0, 0.05) is 48.7 Å². The van der Waals surface area contributed by atoms with E-state index in [-0.39, 0.29) is 11.9 Å². The molecule has 1 aliphatic rings. The lowest BCUT2D eigenvalue weighted by Gasteiger charge is -2.34. The molecule has 6 nitrogen and oxygen atoms in total. The summed E-state index contributed by atoms with van der Waals surface area (Å²) >= 11 is 7.34. The van der Waals surface area contributed by atoms with Crippen LogP contribution in [0.15, 0.2) is 29.6 Å². The number of benzene rings is 1. The normalized spacial score (nSPS) is 14.5. The molecule has 2 heterocycles. The molecule has 0 bridgehead atoms. The lowest BCUT2D eigenvalue weighted by atomic mass is 10.2. The van der Waals surface area contributed by atoms with Crippen molar-refractivity contribution in [2.45, 2.75) is 6.92 Å². The van der Waals surface area contributed by atoms with Crippen LogP contribution in [0.2, 0.25) is 5.02 Å². The number of amides is 3. The van der Waals surface area contributed by atoms with Gasteiger partial charge in [0.1, 0.15) is 10.7 Å². The highest BCUT2D eigenvalue weighted by Gasteiger charge is 2.26. The molecule has 3 amide bonds. The summed E-state index contributed by atoms with van der Waals surface area (Å²) in [7, 11) is 0. The van der Waals surface area contributed by atoms with Crippen molar-refractivity contribution in [2.24, 2.45) is 0 Å². The molecule has 1 aromatic heterocycles. The molecule has 3 rings (SSSR count). The number of hydrogen-bond acceptors (Lipinski definition) is 4. The lowest BCUT2D eigenvalue weighted by molar-refractivity contribution is 0.0660. The maximum atomic E-state index is 12.6. The number of aromatic nitrogens is 1. The van der Waals surface area contributed by atoms with Gasteiger partial charge in [-0.3, -0.25) is 4.79 Å². The Labute approximate surface area is 155 Å². The third kappa shape index (κ3) is 4.11. The van der Waals surface area contributed by atoms with Crippen LogP contribution in [0, 0.1) is 0 Å². The van der Waals surface area contributed by atoms with Crippen LogP contribution >= 0.6 is 22.9 Å². The van der Waals surface area contributed by atoms with Crippen LogP contribution in [0.5, 0.6) is 0 Å². The van der Waals surface area contributed by atoms with Crippen molar-refractivity contribution >= 4 is 34.9 Å². The molecular formula is C17H19ClN4O2S. The Balaban J connectivity index is 1.63. The second kappa shape index (κ2) is 7.84. The maximum Gasteiger partial charge on any atom is 0.317 e. The third-order valence-corrected chi connectivity index (χ3v) is 5.14. The van der Waals surface area contributed by atoms with Crippen molar-refractivity contribution < 1.29 is 9.59 Å². The highest BCUT2D eigenvalue weighted by atomic mass is 35.5. The number of nitrogens with zero attached hydrogens (tertiary/aromatic N) is 3. The Morgan fingerprint density at radius 2 is 1.80 bits per heavy atom. The molecule has 2 aromatic rings. The van der Waals surface area contributed by atoms with E-state index in [1.807, 2.05) is 19.1 Å². The zero-order chi connectivity index (χ0) is 17.8. The van der Waals surface area contributed by atoms with E-state index in [0.29, 0.717) is 43.4 Å². The monoisotopic (exact) mass is 378 g/mol. The summed E-state index contributed by atoms with van der Waals surface area (Å²) in [5.74, 6) is -0.0907. The van der Waals surface area contributed by atoms with Gasteiger partial charge < -0.3 is 15.1 Å². The number of thiazole rings is 1. The van der Waals surface area contributed by atoms with E-state index in [9.17, 15) is 9.59 Å². The van der Waals surface area contributed by atoms with E-state index in [2.05, 4.69) is 10.3 Å². The number of hydrogen-bond donors (Lipinski definition) is 1. The second-order valence-electron chi connectivity index (χ2n) is 5.66. The first-order valence-electron chi connectivity index (χ1n) is 8.12. The van der Waals surface area contributed by atoms with Crippen molar-refractivity contribution in [3.05, 3.63) is 40.4 Å². The van der Waals surface area contributed by atoms with Crippen molar-refractivity contribution in [2.75, 3.05) is 32.7 Å². The number of nitrogens with one attached hydrogen (secondary N) is 1. The van der Waals surface area contributed by atoms with Crippen LogP contribution in [0.4, 0.5) is 4.79 Å². The summed E-state index contributed by atoms with van der Waals surface area (Å²) in [5, 5.41) is 6.02. The van der Waals surface area contributed by atoms with Gasteiger partial charge in [0.05, 0.1) is 0 Å². The van der Waals surface area contributed by atoms with Crippen molar-refractivity contribution in [1.82, 2.24) is 20.1 Å². The van der Waals surface area contributed by atoms with Crippen LogP contribution < -0.4 is 5.32 Å². The molecule has 1 fully saturated rings. The molecule has 0 saturated carbocycles.